The monoisotopic (exact) mass is 513 g/mol. The van der Waals surface area contributed by atoms with Crippen molar-refractivity contribution < 1.29 is 14.2 Å². The van der Waals surface area contributed by atoms with Gasteiger partial charge in [-0.1, -0.05) is 18.2 Å². The molecule has 2 N–H and O–H groups in total. The van der Waals surface area contributed by atoms with Gasteiger partial charge in [-0.3, -0.25) is 0 Å². The Morgan fingerprint density at radius 1 is 0.862 bits per heavy atom. The largest absolute Gasteiger partial charge is 0.497 e. The maximum absolute atomic E-state index is 5.36. The van der Waals surface area contributed by atoms with Gasteiger partial charge < -0.3 is 24.8 Å². The maximum atomic E-state index is 5.36. The molecule has 2 rings (SSSR count). The first-order valence-corrected chi connectivity index (χ1v) is 9.56. The van der Waals surface area contributed by atoms with Crippen molar-refractivity contribution in [1.29, 1.82) is 0 Å². The van der Waals surface area contributed by atoms with Crippen LogP contribution in [0.1, 0.15) is 24.5 Å². The highest BCUT2D eigenvalue weighted by Crippen LogP contribution is 2.27. The molecule has 0 aliphatic heterocycles. The van der Waals surface area contributed by atoms with Gasteiger partial charge in [-0.2, -0.15) is 0 Å². The molecule has 0 aliphatic carbocycles. The number of benzene rings is 2. The summed E-state index contributed by atoms with van der Waals surface area (Å²) in [7, 11) is 4.97. The molecular formula is C22H32IN3O3. The number of aliphatic imine (C=N–C) groups is 1. The molecule has 0 fully saturated rings. The summed E-state index contributed by atoms with van der Waals surface area (Å²) in [5.41, 5.74) is 2.36. The van der Waals surface area contributed by atoms with E-state index in [0.29, 0.717) is 6.54 Å². The second-order valence-corrected chi connectivity index (χ2v) is 6.26. The summed E-state index contributed by atoms with van der Waals surface area (Å²) in [6.07, 6.45) is 1.94. The molecular weight excluding hydrogens is 481 g/mol. The summed E-state index contributed by atoms with van der Waals surface area (Å²) in [5, 5.41) is 6.68. The van der Waals surface area contributed by atoms with E-state index in [2.05, 4.69) is 28.6 Å². The van der Waals surface area contributed by atoms with Gasteiger partial charge in [0, 0.05) is 13.1 Å². The smallest absolute Gasteiger partial charge is 0.191 e. The molecule has 0 unspecified atom stereocenters. The minimum absolute atomic E-state index is 0. The van der Waals surface area contributed by atoms with E-state index in [1.165, 1.54) is 5.56 Å². The Hall–Kier alpha value is -2.16. The van der Waals surface area contributed by atoms with Crippen LogP contribution >= 0.6 is 24.0 Å². The van der Waals surface area contributed by atoms with Crippen molar-refractivity contribution in [1.82, 2.24) is 10.6 Å². The van der Waals surface area contributed by atoms with Crippen LogP contribution in [0.2, 0.25) is 0 Å². The van der Waals surface area contributed by atoms with Crippen LogP contribution in [0.5, 0.6) is 17.2 Å². The second kappa shape index (κ2) is 13.9. The second-order valence-electron chi connectivity index (χ2n) is 6.26. The highest BCUT2D eigenvalue weighted by atomic mass is 127. The van der Waals surface area contributed by atoms with Crippen molar-refractivity contribution in [3.05, 3.63) is 53.6 Å². The van der Waals surface area contributed by atoms with Gasteiger partial charge in [0.2, 0.25) is 0 Å². The van der Waals surface area contributed by atoms with Crippen LogP contribution in [0, 0.1) is 0 Å². The molecule has 0 spiro atoms. The van der Waals surface area contributed by atoms with Gasteiger partial charge in [0.25, 0.3) is 0 Å². The number of nitrogens with zero attached hydrogens (tertiary/aromatic N) is 1. The van der Waals surface area contributed by atoms with E-state index in [4.69, 9.17) is 14.2 Å². The lowest BCUT2D eigenvalue weighted by Crippen LogP contribution is -2.37. The third-order valence-electron chi connectivity index (χ3n) is 4.31. The fourth-order valence-corrected chi connectivity index (χ4v) is 2.78. The molecule has 0 atom stereocenters. The number of aryl methyl sites for hydroxylation is 1. The Morgan fingerprint density at radius 3 is 2.17 bits per heavy atom. The number of nitrogens with one attached hydrogen (secondary N) is 2. The van der Waals surface area contributed by atoms with Crippen molar-refractivity contribution in [2.75, 3.05) is 34.4 Å². The standard InChI is InChI=1S/C22H31N3O3.HI/c1-5-23-22(25-16-18-8-11-19(26-2)12-9-18)24-14-6-7-17-10-13-20(27-3)21(15-17)28-4;/h8-13,15H,5-7,14,16H2,1-4H3,(H2,23,24,25);1H. The van der Waals surface area contributed by atoms with Crippen molar-refractivity contribution in [3.8, 4) is 17.2 Å². The molecule has 0 saturated heterocycles. The Bertz CT molecular complexity index is 751. The van der Waals surface area contributed by atoms with Crippen molar-refractivity contribution in [2.45, 2.75) is 26.3 Å². The summed E-state index contributed by atoms with van der Waals surface area (Å²) < 4.78 is 15.8. The van der Waals surface area contributed by atoms with E-state index >= 15 is 0 Å². The SMILES string of the molecule is CCNC(=NCc1ccc(OC)cc1)NCCCc1ccc(OC)c(OC)c1.I. The molecule has 0 aliphatic rings. The lowest BCUT2D eigenvalue weighted by atomic mass is 10.1. The average molecular weight is 513 g/mol. The third-order valence-corrected chi connectivity index (χ3v) is 4.31. The number of halogens is 1. The first-order valence-electron chi connectivity index (χ1n) is 9.56. The van der Waals surface area contributed by atoms with Crippen LogP contribution in [0.3, 0.4) is 0 Å². The van der Waals surface area contributed by atoms with Gasteiger partial charge in [0.05, 0.1) is 27.9 Å². The zero-order valence-corrected chi connectivity index (χ0v) is 20.0. The molecule has 2 aromatic carbocycles. The summed E-state index contributed by atoms with van der Waals surface area (Å²) >= 11 is 0. The van der Waals surface area contributed by atoms with E-state index in [1.54, 1.807) is 21.3 Å². The van der Waals surface area contributed by atoms with Crippen molar-refractivity contribution in [3.63, 3.8) is 0 Å². The number of rotatable bonds is 10. The van der Waals surface area contributed by atoms with Gasteiger partial charge in [-0.15, -0.1) is 24.0 Å². The molecule has 0 bridgehead atoms. The quantitative estimate of drug-likeness (QED) is 0.218. The summed E-state index contributed by atoms with van der Waals surface area (Å²) in [5.74, 6) is 3.20. The number of guanidine groups is 1. The first-order chi connectivity index (χ1) is 13.7. The highest BCUT2D eigenvalue weighted by molar-refractivity contribution is 14.0. The Labute approximate surface area is 191 Å². The molecule has 160 valence electrons. The molecule has 0 aromatic heterocycles. The minimum atomic E-state index is 0. The Balaban J connectivity index is 0.00000420. The van der Waals surface area contributed by atoms with Crippen LogP contribution in [0.25, 0.3) is 0 Å². The number of ether oxygens (including phenoxy) is 3. The van der Waals surface area contributed by atoms with E-state index in [-0.39, 0.29) is 24.0 Å². The number of hydrogen-bond acceptors (Lipinski definition) is 4. The normalized spacial score (nSPS) is 10.7. The van der Waals surface area contributed by atoms with E-state index in [9.17, 15) is 0 Å². The molecule has 0 radical (unpaired) electrons. The Morgan fingerprint density at radius 2 is 1.55 bits per heavy atom. The van der Waals surface area contributed by atoms with Crippen LogP contribution in [0.15, 0.2) is 47.5 Å². The van der Waals surface area contributed by atoms with Crippen molar-refractivity contribution >= 4 is 29.9 Å². The van der Waals surface area contributed by atoms with Crippen LogP contribution in [-0.4, -0.2) is 40.4 Å². The molecule has 2 aromatic rings. The molecule has 7 heteroatoms. The van der Waals surface area contributed by atoms with Gasteiger partial charge >= 0.3 is 0 Å². The molecule has 0 heterocycles. The van der Waals surface area contributed by atoms with E-state index < -0.39 is 0 Å². The van der Waals surface area contributed by atoms with Gasteiger partial charge in [0.15, 0.2) is 17.5 Å². The predicted molar refractivity (Wildman–Crippen MR) is 129 cm³/mol. The fraction of sp³-hybridized carbons (Fsp3) is 0.409. The molecule has 0 amide bonds. The lowest BCUT2D eigenvalue weighted by molar-refractivity contribution is 0.354. The van der Waals surface area contributed by atoms with Gasteiger partial charge in [0.1, 0.15) is 5.75 Å². The Kier molecular flexibility index (Phi) is 11.9. The van der Waals surface area contributed by atoms with E-state index in [0.717, 1.165) is 54.7 Å². The lowest BCUT2D eigenvalue weighted by Gasteiger charge is -2.12. The topological polar surface area (TPSA) is 64.1 Å². The van der Waals surface area contributed by atoms with Crippen LogP contribution in [0.4, 0.5) is 0 Å². The molecule has 6 nitrogen and oxygen atoms in total. The van der Waals surface area contributed by atoms with Crippen molar-refractivity contribution in [2.24, 2.45) is 4.99 Å². The van der Waals surface area contributed by atoms with Gasteiger partial charge in [-0.25, -0.2) is 4.99 Å². The number of methoxy groups -OCH3 is 3. The summed E-state index contributed by atoms with van der Waals surface area (Å²) in [6.45, 7) is 4.34. The van der Waals surface area contributed by atoms with E-state index in [1.807, 2.05) is 36.4 Å². The summed E-state index contributed by atoms with van der Waals surface area (Å²) in [4.78, 5) is 4.65. The molecule has 0 saturated carbocycles. The van der Waals surface area contributed by atoms with Crippen LogP contribution in [-0.2, 0) is 13.0 Å². The zero-order valence-electron chi connectivity index (χ0n) is 17.7. The average Bonchev–Trinajstić information content (AvgIpc) is 2.75. The number of hydrogen-bond donors (Lipinski definition) is 2. The molecule has 29 heavy (non-hydrogen) atoms. The summed E-state index contributed by atoms with van der Waals surface area (Å²) in [6, 6.07) is 14.0. The third kappa shape index (κ3) is 8.39. The maximum Gasteiger partial charge on any atom is 0.191 e. The fourth-order valence-electron chi connectivity index (χ4n) is 2.78. The minimum Gasteiger partial charge on any atom is -0.497 e. The predicted octanol–water partition coefficient (Wildman–Crippen LogP) is 4.02. The first kappa shape index (κ1) is 24.9. The van der Waals surface area contributed by atoms with Crippen LogP contribution < -0.4 is 24.8 Å². The zero-order chi connectivity index (χ0) is 20.2. The van der Waals surface area contributed by atoms with Gasteiger partial charge in [-0.05, 0) is 55.2 Å². The highest BCUT2D eigenvalue weighted by Gasteiger charge is 2.05.